The summed E-state index contributed by atoms with van der Waals surface area (Å²) in [5, 5.41) is 15.0. The van der Waals surface area contributed by atoms with E-state index < -0.39 is 11.4 Å². The molecule has 0 radical (unpaired) electrons. The van der Waals surface area contributed by atoms with Crippen molar-refractivity contribution in [3.63, 3.8) is 0 Å². The summed E-state index contributed by atoms with van der Waals surface area (Å²) in [4.78, 5) is 23.2. The Labute approximate surface area is 202 Å². The summed E-state index contributed by atoms with van der Waals surface area (Å²) in [6.45, 7) is 3.97. The number of rotatable bonds is 8. The number of methoxy groups -OCH3 is 1. The van der Waals surface area contributed by atoms with Crippen molar-refractivity contribution in [2.24, 2.45) is 0 Å². The Morgan fingerprint density at radius 1 is 1.20 bits per heavy atom. The molecule has 0 aliphatic heterocycles. The molecule has 2 aromatic heterocycles. The van der Waals surface area contributed by atoms with Gasteiger partial charge in [0.25, 0.3) is 5.91 Å². The van der Waals surface area contributed by atoms with E-state index in [-0.39, 0.29) is 17.6 Å². The fourth-order valence-corrected chi connectivity index (χ4v) is 3.95. The van der Waals surface area contributed by atoms with E-state index in [2.05, 4.69) is 15.1 Å². The molecular weight excluding hydrogens is 451 g/mol. The summed E-state index contributed by atoms with van der Waals surface area (Å²) in [6, 6.07) is 9.58. The summed E-state index contributed by atoms with van der Waals surface area (Å²) in [5.74, 6) is 0.429. The highest BCUT2D eigenvalue weighted by Gasteiger charge is 2.18. The van der Waals surface area contributed by atoms with Gasteiger partial charge in [0, 0.05) is 31.6 Å². The number of hydrogen-bond donors (Lipinski definition) is 2. The second kappa shape index (κ2) is 9.46. The average Bonchev–Trinajstić information content (AvgIpc) is 3.26. The number of amides is 1. The van der Waals surface area contributed by atoms with Crippen LogP contribution < -0.4 is 10.5 Å². The van der Waals surface area contributed by atoms with Gasteiger partial charge in [0.1, 0.15) is 17.1 Å². The molecule has 2 aromatic carbocycles. The fourth-order valence-electron chi connectivity index (χ4n) is 3.95. The molecule has 184 valence electrons. The molecule has 0 unspecified atom stereocenters. The number of carbonyl (C=O) groups excluding carboxylic acids is 1. The average molecular weight is 481 g/mol. The highest BCUT2D eigenvalue weighted by atomic mass is 19.1. The van der Waals surface area contributed by atoms with E-state index in [1.165, 1.54) is 23.8 Å². The van der Waals surface area contributed by atoms with E-state index >= 15 is 0 Å². The van der Waals surface area contributed by atoms with Gasteiger partial charge in [0.2, 0.25) is 5.95 Å². The van der Waals surface area contributed by atoms with E-state index in [1.54, 1.807) is 50.1 Å². The summed E-state index contributed by atoms with van der Waals surface area (Å²) in [6.07, 6.45) is 2.06. The van der Waals surface area contributed by atoms with Gasteiger partial charge in [0.15, 0.2) is 11.5 Å². The number of anilines is 1. The van der Waals surface area contributed by atoms with Gasteiger partial charge in [-0.3, -0.25) is 4.79 Å². The lowest BCUT2D eigenvalue weighted by atomic mass is 9.97. The number of aliphatic hydroxyl groups is 1. The molecule has 0 spiro atoms. The third-order valence-corrected chi connectivity index (χ3v) is 5.92. The molecule has 9 nitrogen and oxygen atoms in total. The molecule has 10 heteroatoms. The zero-order chi connectivity index (χ0) is 25.3. The number of nitrogen functional groups attached to an aromatic ring is 1. The normalized spacial score (nSPS) is 11.8. The van der Waals surface area contributed by atoms with Gasteiger partial charge in [-0.2, -0.15) is 4.52 Å². The van der Waals surface area contributed by atoms with E-state index in [4.69, 9.17) is 10.5 Å². The second-order valence-electron chi connectivity index (χ2n) is 9.06. The lowest BCUT2D eigenvalue weighted by Crippen LogP contribution is -2.28. The van der Waals surface area contributed by atoms with Gasteiger partial charge in [-0.25, -0.2) is 14.4 Å². The van der Waals surface area contributed by atoms with Crippen LogP contribution in [0.4, 0.5) is 10.3 Å². The zero-order valence-corrected chi connectivity index (χ0v) is 20.2. The Morgan fingerprint density at radius 2 is 1.91 bits per heavy atom. The highest BCUT2D eigenvalue weighted by Crippen LogP contribution is 2.29. The standard InChI is InChI=1S/C25H29FN6O3/c1-25(2,34)16-10-8-15(9-11-16)23(33)31(3)12-6-5-7-20-28-22-18-13-17(26)14-19(35-4)21(18)29-24(27)32(22)30-20/h8-11,13-14,34H,5-7,12H2,1-4H3,(H2,27,29). The first-order chi connectivity index (χ1) is 16.6. The topological polar surface area (TPSA) is 119 Å². The van der Waals surface area contributed by atoms with Crippen molar-refractivity contribution in [1.29, 1.82) is 0 Å². The minimum Gasteiger partial charge on any atom is -0.494 e. The molecule has 4 aromatic rings. The smallest absolute Gasteiger partial charge is 0.253 e. The predicted molar refractivity (Wildman–Crippen MR) is 131 cm³/mol. The Balaban J connectivity index is 1.40. The first kappa shape index (κ1) is 24.3. The molecule has 0 atom stereocenters. The van der Waals surface area contributed by atoms with Crippen LogP contribution >= 0.6 is 0 Å². The lowest BCUT2D eigenvalue weighted by molar-refractivity contribution is 0.0770. The molecule has 3 N–H and O–H groups in total. The zero-order valence-electron chi connectivity index (χ0n) is 20.2. The highest BCUT2D eigenvalue weighted by molar-refractivity contribution is 5.96. The Hall–Kier alpha value is -3.79. The second-order valence-corrected chi connectivity index (χ2v) is 9.06. The summed E-state index contributed by atoms with van der Waals surface area (Å²) >= 11 is 0. The van der Waals surface area contributed by atoms with Crippen LogP contribution in [-0.4, -0.2) is 56.2 Å². The van der Waals surface area contributed by atoms with Crippen molar-refractivity contribution < 1.29 is 19.0 Å². The number of unbranched alkanes of at least 4 members (excludes halogenated alkanes) is 1. The van der Waals surface area contributed by atoms with E-state index in [0.29, 0.717) is 40.9 Å². The monoisotopic (exact) mass is 480 g/mol. The first-order valence-corrected chi connectivity index (χ1v) is 11.3. The molecule has 2 heterocycles. The van der Waals surface area contributed by atoms with Crippen molar-refractivity contribution >= 4 is 28.4 Å². The number of nitrogens with zero attached hydrogens (tertiary/aromatic N) is 5. The van der Waals surface area contributed by atoms with Crippen LogP contribution in [0.15, 0.2) is 36.4 Å². The maximum Gasteiger partial charge on any atom is 0.253 e. The molecule has 0 aliphatic carbocycles. The molecule has 35 heavy (non-hydrogen) atoms. The molecule has 0 aliphatic rings. The van der Waals surface area contributed by atoms with E-state index in [1.807, 2.05) is 0 Å². The van der Waals surface area contributed by atoms with Crippen molar-refractivity contribution in [3.8, 4) is 5.75 Å². The third kappa shape index (κ3) is 5.02. The van der Waals surface area contributed by atoms with Crippen molar-refractivity contribution in [1.82, 2.24) is 24.5 Å². The molecular formula is C25H29FN6O3. The van der Waals surface area contributed by atoms with Crippen molar-refractivity contribution in [3.05, 3.63) is 59.2 Å². The molecule has 0 bridgehead atoms. The number of fused-ring (bicyclic) bond motifs is 3. The molecule has 0 saturated carbocycles. The number of benzene rings is 2. The van der Waals surface area contributed by atoms with Gasteiger partial charge < -0.3 is 20.5 Å². The largest absolute Gasteiger partial charge is 0.494 e. The molecule has 4 rings (SSSR count). The van der Waals surface area contributed by atoms with Crippen molar-refractivity contribution in [2.45, 2.75) is 38.7 Å². The van der Waals surface area contributed by atoms with Crippen LogP contribution in [0.3, 0.4) is 0 Å². The van der Waals surface area contributed by atoms with Gasteiger partial charge in [-0.1, -0.05) is 12.1 Å². The number of nitrogens with two attached hydrogens (primary N) is 1. The van der Waals surface area contributed by atoms with Gasteiger partial charge in [-0.05, 0) is 50.5 Å². The van der Waals surface area contributed by atoms with Crippen LogP contribution in [0.5, 0.6) is 5.75 Å². The molecule has 1 amide bonds. The number of halogens is 1. The quantitative estimate of drug-likeness (QED) is 0.371. The molecule has 0 saturated heterocycles. The maximum absolute atomic E-state index is 14.1. The van der Waals surface area contributed by atoms with Crippen LogP contribution in [0.2, 0.25) is 0 Å². The number of aryl methyl sites for hydroxylation is 1. The summed E-state index contributed by atoms with van der Waals surface area (Å²) in [5.41, 5.74) is 7.27. The Kier molecular flexibility index (Phi) is 6.58. The minimum atomic E-state index is -0.952. The van der Waals surface area contributed by atoms with E-state index in [0.717, 1.165) is 18.4 Å². The predicted octanol–water partition coefficient (Wildman–Crippen LogP) is 3.33. The van der Waals surface area contributed by atoms with Crippen LogP contribution in [0, 0.1) is 5.82 Å². The number of carbonyl (C=O) groups is 1. The van der Waals surface area contributed by atoms with E-state index in [9.17, 15) is 14.3 Å². The first-order valence-electron chi connectivity index (χ1n) is 11.3. The SMILES string of the molecule is COc1cc(F)cc2c1nc(N)n1nc(CCCCN(C)C(=O)c3ccc(C(C)(C)O)cc3)nc21. The molecule has 0 fully saturated rings. The van der Waals surface area contributed by atoms with Crippen LogP contribution in [-0.2, 0) is 12.0 Å². The van der Waals surface area contributed by atoms with Gasteiger partial charge >= 0.3 is 0 Å². The minimum absolute atomic E-state index is 0.0838. The Bertz CT molecular complexity index is 1380. The third-order valence-electron chi connectivity index (χ3n) is 5.92. The number of aromatic nitrogens is 4. The number of hydrogen-bond acceptors (Lipinski definition) is 7. The number of ether oxygens (including phenoxy) is 1. The van der Waals surface area contributed by atoms with Crippen LogP contribution in [0.25, 0.3) is 16.6 Å². The van der Waals surface area contributed by atoms with Gasteiger partial charge in [0.05, 0.1) is 18.1 Å². The summed E-state index contributed by atoms with van der Waals surface area (Å²) < 4.78 is 20.7. The maximum atomic E-state index is 14.1. The fraction of sp³-hybridized carbons (Fsp3) is 0.360. The summed E-state index contributed by atoms with van der Waals surface area (Å²) in [7, 11) is 3.20. The van der Waals surface area contributed by atoms with Gasteiger partial charge in [-0.15, -0.1) is 5.10 Å². The van der Waals surface area contributed by atoms with Crippen LogP contribution in [0.1, 0.15) is 48.4 Å². The lowest BCUT2D eigenvalue weighted by Gasteiger charge is -2.20. The Morgan fingerprint density at radius 3 is 2.57 bits per heavy atom. The van der Waals surface area contributed by atoms with Crippen molar-refractivity contribution in [2.75, 3.05) is 26.4 Å².